The molecule has 0 fully saturated rings. The van der Waals surface area contributed by atoms with Gasteiger partial charge in [0, 0.05) is 12.1 Å². The van der Waals surface area contributed by atoms with Gasteiger partial charge < -0.3 is 17.1 Å². The van der Waals surface area contributed by atoms with E-state index >= 15 is 0 Å². The number of unbranched alkanes of at least 4 members (excludes halogenated alkanes) is 2. The minimum absolute atomic E-state index is 0.0813. The van der Waals surface area contributed by atoms with Crippen LogP contribution in [0.1, 0.15) is 32.6 Å². The van der Waals surface area contributed by atoms with Crippen LogP contribution in [0.4, 0.5) is 0 Å². The lowest BCUT2D eigenvalue weighted by molar-refractivity contribution is -0.142. The first kappa shape index (κ1) is 28.0. The first-order chi connectivity index (χ1) is 12.5. The number of esters is 1. The molecule has 0 N–H and O–H groups in total. The second-order valence-electron chi connectivity index (χ2n) is 10.4. The van der Waals surface area contributed by atoms with E-state index in [1.807, 2.05) is 6.92 Å². The van der Waals surface area contributed by atoms with Crippen LogP contribution in [0, 0.1) is 0 Å². The largest absolute Gasteiger partial charge is 0.469 e. The molecule has 0 aromatic heterocycles. The molecule has 0 radical (unpaired) electrons. The summed E-state index contributed by atoms with van der Waals surface area (Å²) in [6.07, 6.45) is 5.04. The van der Waals surface area contributed by atoms with E-state index in [9.17, 15) is 4.79 Å². The van der Waals surface area contributed by atoms with E-state index in [0.717, 1.165) is 31.7 Å². The van der Waals surface area contributed by atoms with E-state index in [2.05, 4.69) is 65.5 Å². The van der Waals surface area contributed by atoms with E-state index in [1.165, 1.54) is 6.08 Å². The summed E-state index contributed by atoms with van der Waals surface area (Å²) in [6, 6.07) is 0.868. The molecule has 0 aromatic rings. The molecule has 0 heterocycles. The molecule has 1 atom stereocenters. The minimum atomic E-state index is -2.72. The van der Waals surface area contributed by atoms with Crippen molar-refractivity contribution >= 4 is 39.7 Å². The summed E-state index contributed by atoms with van der Waals surface area (Å²) in [5.41, 5.74) is 0. The van der Waals surface area contributed by atoms with Gasteiger partial charge in [-0.25, -0.2) is 4.79 Å². The molecule has 0 aliphatic rings. The molecule has 0 bridgehead atoms. The standard InChI is InChI=1S/C19H44O5Si4/c1-12-19(20)21-18(2)16-14-13-15-17-28(22-25(3,4)5,23-26(6,7)8)24-27(9,10)11/h12,18H,1,13-17H2,2-11H3. The van der Waals surface area contributed by atoms with Gasteiger partial charge in [0.25, 0.3) is 0 Å². The summed E-state index contributed by atoms with van der Waals surface area (Å²) in [5.74, 6) is -0.352. The quantitative estimate of drug-likeness (QED) is 0.133. The van der Waals surface area contributed by atoms with Gasteiger partial charge in [-0.05, 0) is 85.1 Å². The summed E-state index contributed by atoms with van der Waals surface area (Å²) in [6.45, 7) is 25.3. The Hall–Kier alpha value is -0.0425. The van der Waals surface area contributed by atoms with Crippen molar-refractivity contribution in [3.8, 4) is 0 Å². The zero-order valence-corrected chi connectivity index (χ0v) is 23.9. The average molecular weight is 465 g/mol. The molecule has 1 unspecified atom stereocenters. The summed E-state index contributed by atoms with van der Waals surface area (Å²) in [5, 5.41) is 0. The lowest BCUT2D eigenvalue weighted by Crippen LogP contribution is -2.60. The third kappa shape index (κ3) is 14.9. The monoisotopic (exact) mass is 464 g/mol. The molecule has 28 heavy (non-hydrogen) atoms. The van der Waals surface area contributed by atoms with Gasteiger partial charge in [0.1, 0.15) is 0 Å². The van der Waals surface area contributed by atoms with Crippen LogP contribution in [0.5, 0.6) is 0 Å². The van der Waals surface area contributed by atoms with Crippen LogP contribution in [0.15, 0.2) is 12.7 Å². The summed E-state index contributed by atoms with van der Waals surface area (Å²) in [4.78, 5) is 11.3. The Morgan fingerprint density at radius 1 is 0.821 bits per heavy atom. The van der Waals surface area contributed by atoms with Crippen molar-refractivity contribution in [1.82, 2.24) is 0 Å². The molecule has 9 heteroatoms. The Balaban J connectivity index is 5.00. The molecule has 166 valence electrons. The molecule has 0 aromatic carbocycles. The van der Waals surface area contributed by atoms with Gasteiger partial charge >= 0.3 is 14.8 Å². The van der Waals surface area contributed by atoms with Crippen molar-refractivity contribution in [3.05, 3.63) is 12.7 Å². The summed E-state index contributed by atoms with van der Waals surface area (Å²) >= 11 is 0. The van der Waals surface area contributed by atoms with Gasteiger partial charge in [-0.1, -0.05) is 13.0 Å². The molecule has 0 aliphatic carbocycles. The topological polar surface area (TPSA) is 54.0 Å². The Bertz CT molecular complexity index is 451. The first-order valence-electron chi connectivity index (χ1n) is 10.4. The van der Waals surface area contributed by atoms with Crippen LogP contribution in [0.3, 0.4) is 0 Å². The lowest BCUT2D eigenvalue weighted by Gasteiger charge is -2.43. The number of hydrogen-bond acceptors (Lipinski definition) is 5. The Morgan fingerprint density at radius 3 is 1.61 bits per heavy atom. The van der Waals surface area contributed by atoms with Crippen molar-refractivity contribution in [2.24, 2.45) is 0 Å². The third-order valence-electron chi connectivity index (χ3n) is 3.46. The van der Waals surface area contributed by atoms with Crippen molar-refractivity contribution in [2.75, 3.05) is 0 Å². The van der Waals surface area contributed by atoms with Crippen LogP contribution in [-0.2, 0) is 21.9 Å². The van der Waals surface area contributed by atoms with Crippen LogP contribution in [0.2, 0.25) is 65.0 Å². The van der Waals surface area contributed by atoms with Crippen LogP contribution in [0.25, 0.3) is 0 Å². The molecule has 0 saturated carbocycles. The molecule has 0 saturated heterocycles. The minimum Gasteiger partial charge on any atom is -0.460 e. The maximum atomic E-state index is 11.3. The SMILES string of the molecule is C=CC(=O)OC(C)CCCCC[Si](O[Si](C)(C)C)(O[Si](C)(C)C)O[Si](C)(C)C. The highest BCUT2D eigenvalue weighted by Crippen LogP contribution is 2.30. The fourth-order valence-electron chi connectivity index (χ4n) is 2.87. The van der Waals surface area contributed by atoms with Crippen molar-refractivity contribution < 1.29 is 21.9 Å². The van der Waals surface area contributed by atoms with Gasteiger partial charge in [-0.15, -0.1) is 0 Å². The third-order valence-corrected chi connectivity index (χ3v) is 15.5. The number of rotatable bonds is 14. The Labute approximate surface area is 177 Å². The molecule has 5 nitrogen and oxygen atoms in total. The zero-order chi connectivity index (χ0) is 22.2. The van der Waals surface area contributed by atoms with E-state index < -0.39 is 33.8 Å². The van der Waals surface area contributed by atoms with E-state index in [-0.39, 0.29) is 12.1 Å². The Kier molecular flexibility index (Phi) is 11.4. The number of carbonyl (C=O) groups is 1. The lowest BCUT2D eigenvalue weighted by atomic mass is 10.1. The zero-order valence-electron chi connectivity index (χ0n) is 19.9. The molecular weight excluding hydrogens is 421 g/mol. The molecule has 0 rings (SSSR count). The highest BCUT2D eigenvalue weighted by molar-refractivity contribution is 6.90. The molecule has 0 aliphatic heterocycles. The van der Waals surface area contributed by atoms with Gasteiger partial charge in [0.15, 0.2) is 25.0 Å². The highest BCUT2D eigenvalue weighted by atomic mass is 28.5. The van der Waals surface area contributed by atoms with Gasteiger partial charge in [-0.3, -0.25) is 0 Å². The smallest absolute Gasteiger partial charge is 0.460 e. The Morgan fingerprint density at radius 2 is 1.25 bits per heavy atom. The second-order valence-corrected chi connectivity index (χ2v) is 27.4. The summed E-state index contributed by atoms with van der Waals surface area (Å²) in [7, 11) is -8.16. The molecule has 0 spiro atoms. The summed E-state index contributed by atoms with van der Waals surface area (Å²) < 4.78 is 25.3. The second kappa shape index (κ2) is 11.4. The normalized spacial score (nSPS) is 14.6. The van der Waals surface area contributed by atoms with Crippen LogP contribution < -0.4 is 0 Å². The van der Waals surface area contributed by atoms with E-state index in [4.69, 9.17) is 17.1 Å². The molecule has 0 amide bonds. The van der Waals surface area contributed by atoms with Gasteiger partial charge in [0.2, 0.25) is 0 Å². The van der Waals surface area contributed by atoms with E-state index in [1.54, 1.807) is 0 Å². The number of carbonyl (C=O) groups excluding carboxylic acids is 1. The maximum Gasteiger partial charge on any atom is 0.469 e. The maximum absolute atomic E-state index is 11.3. The van der Waals surface area contributed by atoms with Crippen LogP contribution >= 0.6 is 0 Å². The first-order valence-corrected chi connectivity index (χ1v) is 22.6. The average Bonchev–Trinajstić information content (AvgIpc) is 2.40. The predicted molar refractivity (Wildman–Crippen MR) is 128 cm³/mol. The molecular formula is C19H44O5Si4. The van der Waals surface area contributed by atoms with E-state index in [0.29, 0.717) is 0 Å². The van der Waals surface area contributed by atoms with Gasteiger partial charge in [0.05, 0.1) is 6.10 Å². The van der Waals surface area contributed by atoms with Crippen molar-refractivity contribution in [1.29, 1.82) is 0 Å². The highest BCUT2D eigenvalue weighted by Gasteiger charge is 2.49. The number of ether oxygens (including phenoxy) is 1. The predicted octanol–water partition coefficient (Wildman–Crippen LogP) is 6.16. The van der Waals surface area contributed by atoms with Crippen LogP contribution in [-0.4, -0.2) is 45.8 Å². The fraction of sp³-hybridized carbons (Fsp3) is 0.842. The van der Waals surface area contributed by atoms with Gasteiger partial charge in [-0.2, -0.15) is 0 Å². The fourth-order valence-corrected chi connectivity index (χ4v) is 17.6. The van der Waals surface area contributed by atoms with Crippen molar-refractivity contribution in [2.45, 2.75) is 104 Å². The van der Waals surface area contributed by atoms with Crippen molar-refractivity contribution in [3.63, 3.8) is 0 Å². The number of hydrogen-bond donors (Lipinski definition) is 0.